The van der Waals surface area contributed by atoms with E-state index < -0.39 is 0 Å². The van der Waals surface area contributed by atoms with Crippen LogP contribution in [-0.2, 0) is 0 Å². The number of nitrogens with zero attached hydrogens (tertiary/aromatic N) is 1. The zero-order chi connectivity index (χ0) is 11.5. The fraction of sp³-hybridized carbons (Fsp3) is 0.385. The van der Waals surface area contributed by atoms with Crippen molar-refractivity contribution in [1.29, 1.82) is 0 Å². The van der Waals surface area contributed by atoms with Gasteiger partial charge in [-0.1, -0.05) is 6.08 Å². The molecule has 1 aromatic carbocycles. The normalized spacial score (nSPS) is 18.9. The second kappa shape index (κ2) is 4.47. The van der Waals surface area contributed by atoms with Crippen molar-refractivity contribution < 1.29 is 9.47 Å². The second-order valence-electron chi connectivity index (χ2n) is 3.82. The highest BCUT2D eigenvalue weighted by atomic mass is 16.5. The van der Waals surface area contributed by atoms with Crippen molar-refractivity contribution in [3.63, 3.8) is 0 Å². The third-order valence-corrected chi connectivity index (χ3v) is 3.04. The first kappa shape index (κ1) is 10.9. The predicted molar refractivity (Wildman–Crippen MR) is 65.5 cm³/mol. The lowest BCUT2D eigenvalue weighted by Gasteiger charge is -2.41. The Morgan fingerprint density at radius 3 is 2.56 bits per heavy atom. The molecule has 0 aliphatic carbocycles. The number of benzene rings is 1. The van der Waals surface area contributed by atoms with Gasteiger partial charge in [-0.15, -0.1) is 6.58 Å². The highest BCUT2D eigenvalue weighted by Gasteiger charge is 2.25. The lowest BCUT2D eigenvalue weighted by molar-refractivity contribution is 0.354. The van der Waals surface area contributed by atoms with Gasteiger partial charge in [0.15, 0.2) is 11.5 Å². The van der Waals surface area contributed by atoms with E-state index in [9.17, 15) is 0 Å². The smallest absolute Gasteiger partial charge is 0.162 e. The molecule has 1 atom stereocenters. The lowest BCUT2D eigenvalue weighted by Crippen LogP contribution is -2.46. The van der Waals surface area contributed by atoms with E-state index in [2.05, 4.69) is 17.5 Å². The van der Waals surface area contributed by atoms with Crippen molar-refractivity contribution in [2.75, 3.05) is 25.7 Å². The van der Waals surface area contributed by atoms with E-state index >= 15 is 0 Å². The molecule has 1 fully saturated rings. The molecule has 0 aromatic heterocycles. The Balaban J connectivity index is 2.25. The van der Waals surface area contributed by atoms with Gasteiger partial charge < -0.3 is 14.4 Å². The maximum absolute atomic E-state index is 5.29. The molecule has 86 valence electrons. The van der Waals surface area contributed by atoms with Gasteiger partial charge in [0.2, 0.25) is 0 Å². The number of methoxy groups -OCH3 is 2. The van der Waals surface area contributed by atoms with Gasteiger partial charge >= 0.3 is 0 Å². The zero-order valence-electron chi connectivity index (χ0n) is 9.77. The third-order valence-electron chi connectivity index (χ3n) is 3.04. The summed E-state index contributed by atoms with van der Waals surface area (Å²) in [5.41, 5.74) is 1.16. The van der Waals surface area contributed by atoms with Gasteiger partial charge in [-0.05, 0) is 18.6 Å². The summed E-state index contributed by atoms with van der Waals surface area (Å²) in [5, 5.41) is 0. The summed E-state index contributed by atoms with van der Waals surface area (Å²) in [6, 6.07) is 6.45. The molecule has 16 heavy (non-hydrogen) atoms. The molecule has 1 heterocycles. The Kier molecular flexibility index (Phi) is 3.04. The molecule has 0 radical (unpaired) electrons. The largest absolute Gasteiger partial charge is 0.493 e. The van der Waals surface area contributed by atoms with Gasteiger partial charge in [0, 0.05) is 24.3 Å². The van der Waals surface area contributed by atoms with Crippen LogP contribution in [0, 0.1) is 0 Å². The molecule has 0 amide bonds. The van der Waals surface area contributed by atoms with Gasteiger partial charge in [0.05, 0.1) is 14.2 Å². The lowest BCUT2D eigenvalue weighted by atomic mass is 10.0. The van der Waals surface area contributed by atoms with Gasteiger partial charge in [-0.2, -0.15) is 0 Å². The molecule has 0 spiro atoms. The molecule has 1 aliphatic rings. The topological polar surface area (TPSA) is 21.7 Å². The fourth-order valence-electron chi connectivity index (χ4n) is 1.98. The number of anilines is 1. The molecule has 2 rings (SSSR count). The van der Waals surface area contributed by atoms with Gasteiger partial charge in [-0.25, -0.2) is 0 Å². The average molecular weight is 219 g/mol. The minimum atomic E-state index is 0.457. The monoisotopic (exact) mass is 219 g/mol. The first-order valence-corrected chi connectivity index (χ1v) is 5.41. The maximum atomic E-state index is 5.29. The summed E-state index contributed by atoms with van der Waals surface area (Å²) in [6.07, 6.45) is 3.16. The van der Waals surface area contributed by atoms with E-state index in [0.717, 1.165) is 23.7 Å². The van der Waals surface area contributed by atoms with E-state index in [4.69, 9.17) is 9.47 Å². The van der Waals surface area contributed by atoms with E-state index in [-0.39, 0.29) is 0 Å². The van der Waals surface area contributed by atoms with Gasteiger partial charge in [0.1, 0.15) is 0 Å². The first-order valence-electron chi connectivity index (χ1n) is 5.41. The highest BCUT2D eigenvalue weighted by Crippen LogP contribution is 2.35. The standard InChI is InChI=1S/C13H17NO2/c1-4-10-7-8-14(10)11-5-6-12(15-2)13(9-11)16-3/h4-6,9-10H,1,7-8H2,2-3H3. The van der Waals surface area contributed by atoms with Crippen molar-refractivity contribution in [2.45, 2.75) is 12.5 Å². The number of rotatable bonds is 4. The molecular weight excluding hydrogens is 202 g/mol. The summed E-state index contributed by atoms with van der Waals surface area (Å²) >= 11 is 0. The predicted octanol–water partition coefficient (Wildman–Crippen LogP) is 2.47. The van der Waals surface area contributed by atoms with Crippen molar-refractivity contribution in [3.05, 3.63) is 30.9 Å². The van der Waals surface area contributed by atoms with Crippen molar-refractivity contribution >= 4 is 5.69 Å². The molecule has 0 saturated carbocycles. The quantitative estimate of drug-likeness (QED) is 0.726. The molecule has 1 unspecified atom stereocenters. The van der Waals surface area contributed by atoms with Crippen LogP contribution in [0.25, 0.3) is 0 Å². The summed E-state index contributed by atoms with van der Waals surface area (Å²) in [5.74, 6) is 1.54. The molecule has 3 nitrogen and oxygen atoms in total. The summed E-state index contributed by atoms with van der Waals surface area (Å²) in [6.45, 7) is 4.91. The van der Waals surface area contributed by atoms with Crippen LogP contribution in [0.1, 0.15) is 6.42 Å². The minimum Gasteiger partial charge on any atom is -0.493 e. The van der Waals surface area contributed by atoms with Crippen LogP contribution in [0.5, 0.6) is 11.5 Å². The Bertz CT molecular complexity index is 390. The van der Waals surface area contributed by atoms with Gasteiger partial charge in [-0.3, -0.25) is 0 Å². The van der Waals surface area contributed by atoms with Gasteiger partial charge in [0.25, 0.3) is 0 Å². The Morgan fingerprint density at radius 2 is 2.06 bits per heavy atom. The summed E-state index contributed by atoms with van der Waals surface area (Å²) in [4.78, 5) is 2.30. The SMILES string of the molecule is C=CC1CCN1c1ccc(OC)c(OC)c1. The van der Waals surface area contributed by atoms with E-state index in [1.54, 1.807) is 14.2 Å². The fourth-order valence-corrected chi connectivity index (χ4v) is 1.98. The Hall–Kier alpha value is -1.64. The summed E-state index contributed by atoms with van der Waals surface area (Å²) < 4.78 is 10.5. The van der Waals surface area contributed by atoms with Crippen molar-refractivity contribution in [3.8, 4) is 11.5 Å². The molecule has 0 N–H and O–H groups in total. The van der Waals surface area contributed by atoms with E-state index in [1.165, 1.54) is 6.42 Å². The van der Waals surface area contributed by atoms with Crippen molar-refractivity contribution in [2.24, 2.45) is 0 Å². The van der Waals surface area contributed by atoms with Crippen LogP contribution in [0.2, 0.25) is 0 Å². The highest BCUT2D eigenvalue weighted by molar-refractivity contribution is 5.58. The molecular formula is C13H17NO2. The van der Waals surface area contributed by atoms with Crippen LogP contribution >= 0.6 is 0 Å². The van der Waals surface area contributed by atoms with Crippen LogP contribution in [0.15, 0.2) is 30.9 Å². The second-order valence-corrected chi connectivity index (χ2v) is 3.82. The number of hydrogen-bond donors (Lipinski definition) is 0. The molecule has 0 bridgehead atoms. The number of hydrogen-bond acceptors (Lipinski definition) is 3. The van der Waals surface area contributed by atoms with E-state index in [0.29, 0.717) is 6.04 Å². The molecule has 1 saturated heterocycles. The molecule has 1 aliphatic heterocycles. The number of ether oxygens (including phenoxy) is 2. The van der Waals surface area contributed by atoms with Crippen LogP contribution < -0.4 is 14.4 Å². The third kappa shape index (κ3) is 1.73. The first-order chi connectivity index (χ1) is 7.80. The maximum Gasteiger partial charge on any atom is 0.162 e. The van der Waals surface area contributed by atoms with Crippen LogP contribution in [-0.4, -0.2) is 26.8 Å². The molecule has 3 heteroatoms. The Labute approximate surface area is 96.3 Å². The van der Waals surface area contributed by atoms with E-state index in [1.807, 2.05) is 18.2 Å². The zero-order valence-corrected chi connectivity index (χ0v) is 9.77. The minimum absolute atomic E-state index is 0.457. The molecule has 1 aromatic rings. The van der Waals surface area contributed by atoms with Crippen LogP contribution in [0.3, 0.4) is 0 Å². The van der Waals surface area contributed by atoms with Crippen LogP contribution in [0.4, 0.5) is 5.69 Å². The average Bonchev–Trinajstić information content (AvgIpc) is 2.28. The summed E-state index contributed by atoms with van der Waals surface area (Å²) in [7, 11) is 3.30. The van der Waals surface area contributed by atoms with Crippen molar-refractivity contribution in [1.82, 2.24) is 0 Å². The Morgan fingerprint density at radius 1 is 1.31 bits per heavy atom.